The summed E-state index contributed by atoms with van der Waals surface area (Å²) in [6.45, 7) is 7.30. The van der Waals surface area contributed by atoms with E-state index in [2.05, 4.69) is 21.9 Å². The van der Waals surface area contributed by atoms with Gasteiger partial charge in [0, 0.05) is 52.3 Å². The Labute approximate surface area is 149 Å². The molecule has 2 aliphatic heterocycles. The molecule has 2 N–H and O–H groups in total. The van der Waals surface area contributed by atoms with Crippen LogP contribution in [0.3, 0.4) is 0 Å². The number of benzene rings is 1. The monoisotopic (exact) mass is 350 g/mol. The number of hydrogen-bond donors (Lipinski definition) is 2. The minimum Gasteiger partial charge on any atom is -0.494 e. The molecule has 1 aromatic carbocycles. The Morgan fingerprint density at radius 1 is 1.08 bits per heavy atom. The highest BCUT2D eigenvalue weighted by molar-refractivity contribution is 5.27. The van der Waals surface area contributed by atoms with E-state index >= 15 is 0 Å². The minimum absolute atomic E-state index is 0.153. The summed E-state index contributed by atoms with van der Waals surface area (Å²) in [7, 11) is 0. The first-order valence-corrected chi connectivity index (χ1v) is 9.24. The molecule has 2 aliphatic rings. The third-order valence-corrected chi connectivity index (χ3v) is 4.93. The molecule has 0 radical (unpaired) electrons. The molecule has 0 spiro atoms. The second kappa shape index (κ2) is 8.96. The molecular weight excluding hydrogens is 320 g/mol. The van der Waals surface area contributed by atoms with E-state index in [0.29, 0.717) is 13.0 Å². The number of morpholine rings is 1. The molecule has 0 unspecified atom stereocenters. The number of aliphatic hydroxyl groups is 2. The smallest absolute Gasteiger partial charge is 0.119 e. The zero-order valence-corrected chi connectivity index (χ0v) is 14.9. The van der Waals surface area contributed by atoms with Gasteiger partial charge < -0.3 is 19.7 Å². The van der Waals surface area contributed by atoms with Gasteiger partial charge in [0.2, 0.25) is 0 Å². The molecule has 2 heterocycles. The van der Waals surface area contributed by atoms with Crippen LogP contribution < -0.4 is 4.74 Å². The molecule has 25 heavy (non-hydrogen) atoms. The Morgan fingerprint density at radius 2 is 1.84 bits per heavy atom. The summed E-state index contributed by atoms with van der Waals surface area (Å²) < 4.78 is 10.9. The lowest BCUT2D eigenvalue weighted by Gasteiger charge is -2.33. The lowest BCUT2D eigenvalue weighted by atomic mass is 10.0. The second-order valence-corrected chi connectivity index (χ2v) is 7.14. The van der Waals surface area contributed by atoms with Gasteiger partial charge in [0.05, 0.1) is 25.4 Å². The van der Waals surface area contributed by atoms with Crippen LogP contribution in [-0.2, 0) is 11.3 Å². The number of rotatable bonds is 8. The van der Waals surface area contributed by atoms with Gasteiger partial charge in [0.1, 0.15) is 5.75 Å². The molecule has 0 saturated carbocycles. The Kier molecular flexibility index (Phi) is 6.67. The summed E-state index contributed by atoms with van der Waals surface area (Å²) in [5.74, 6) is 0.836. The molecule has 6 nitrogen and oxygen atoms in total. The first kappa shape index (κ1) is 18.6. The fraction of sp³-hybridized carbons (Fsp3) is 0.684. The number of likely N-dealkylation sites (tertiary alicyclic amines) is 1. The maximum absolute atomic E-state index is 10.9. The van der Waals surface area contributed by atoms with Crippen LogP contribution in [0.15, 0.2) is 24.3 Å². The van der Waals surface area contributed by atoms with Crippen LogP contribution in [0.25, 0.3) is 0 Å². The van der Waals surface area contributed by atoms with Crippen LogP contribution in [0, 0.1) is 0 Å². The molecule has 2 fully saturated rings. The summed E-state index contributed by atoms with van der Waals surface area (Å²) in [5.41, 5.74) is 0.621. The van der Waals surface area contributed by atoms with E-state index in [9.17, 15) is 5.11 Å². The van der Waals surface area contributed by atoms with E-state index in [1.54, 1.807) is 0 Å². The van der Waals surface area contributed by atoms with Crippen molar-refractivity contribution in [3.63, 3.8) is 0 Å². The molecular formula is C19H30N2O4. The summed E-state index contributed by atoms with van der Waals surface area (Å²) >= 11 is 0. The van der Waals surface area contributed by atoms with Crippen molar-refractivity contribution in [2.45, 2.75) is 25.0 Å². The van der Waals surface area contributed by atoms with Crippen LogP contribution in [0.4, 0.5) is 0 Å². The second-order valence-electron chi connectivity index (χ2n) is 7.14. The fourth-order valence-electron chi connectivity index (χ4n) is 3.58. The van der Waals surface area contributed by atoms with Gasteiger partial charge in [-0.2, -0.15) is 0 Å². The first-order valence-electron chi connectivity index (χ1n) is 9.24. The lowest BCUT2D eigenvalue weighted by Crippen LogP contribution is -2.48. The van der Waals surface area contributed by atoms with Crippen molar-refractivity contribution in [3.05, 3.63) is 29.8 Å². The SMILES string of the molecule is OCCCOc1ccc(CN2CC[C@@](O)(CN3CCOCC3)C2)cc1. The quantitative estimate of drug-likeness (QED) is 0.674. The van der Waals surface area contributed by atoms with E-state index < -0.39 is 5.60 Å². The maximum atomic E-state index is 10.9. The zero-order valence-electron chi connectivity index (χ0n) is 14.9. The minimum atomic E-state index is -0.606. The predicted molar refractivity (Wildman–Crippen MR) is 95.7 cm³/mol. The van der Waals surface area contributed by atoms with Gasteiger partial charge in [-0.25, -0.2) is 0 Å². The van der Waals surface area contributed by atoms with Gasteiger partial charge in [0.15, 0.2) is 0 Å². The molecule has 6 heteroatoms. The molecule has 0 aromatic heterocycles. The molecule has 0 aliphatic carbocycles. The average molecular weight is 350 g/mol. The van der Waals surface area contributed by atoms with Gasteiger partial charge in [-0.15, -0.1) is 0 Å². The van der Waals surface area contributed by atoms with Gasteiger partial charge in [-0.1, -0.05) is 12.1 Å². The summed E-state index contributed by atoms with van der Waals surface area (Å²) in [6.07, 6.45) is 1.48. The third-order valence-electron chi connectivity index (χ3n) is 4.93. The number of ether oxygens (including phenoxy) is 2. The number of β-amino-alcohol motifs (C(OH)–C–C–N with tert-alkyl or cyclic N) is 1. The van der Waals surface area contributed by atoms with Crippen molar-refractivity contribution in [1.82, 2.24) is 9.80 Å². The topological polar surface area (TPSA) is 65.4 Å². The van der Waals surface area contributed by atoms with Crippen molar-refractivity contribution >= 4 is 0 Å². The van der Waals surface area contributed by atoms with Crippen molar-refractivity contribution in [2.24, 2.45) is 0 Å². The highest BCUT2D eigenvalue weighted by Gasteiger charge is 2.37. The van der Waals surface area contributed by atoms with Crippen molar-refractivity contribution in [3.8, 4) is 5.75 Å². The first-order chi connectivity index (χ1) is 12.2. The summed E-state index contributed by atoms with van der Waals surface area (Å²) in [5, 5.41) is 19.7. The van der Waals surface area contributed by atoms with Crippen molar-refractivity contribution in [2.75, 3.05) is 59.2 Å². The maximum Gasteiger partial charge on any atom is 0.119 e. The standard InChI is InChI=1S/C19H30N2O4/c22-10-1-11-25-18-4-2-17(3-5-18)14-21-7-6-19(23,16-21)15-20-8-12-24-13-9-20/h2-5,22-23H,1,6-16H2/t19-/m1/s1. The molecule has 0 bridgehead atoms. The van der Waals surface area contributed by atoms with E-state index in [0.717, 1.165) is 64.7 Å². The van der Waals surface area contributed by atoms with Gasteiger partial charge >= 0.3 is 0 Å². The van der Waals surface area contributed by atoms with Crippen LogP contribution in [-0.4, -0.2) is 84.8 Å². The van der Waals surface area contributed by atoms with Gasteiger partial charge in [-0.3, -0.25) is 9.80 Å². The largest absolute Gasteiger partial charge is 0.494 e. The molecule has 1 aromatic rings. The highest BCUT2D eigenvalue weighted by atomic mass is 16.5. The fourth-order valence-corrected chi connectivity index (χ4v) is 3.58. The predicted octanol–water partition coefficient (Wildman–Crippen LogP) is 0.717. The highest BCUT2D eigenvalue weighted by Crippen LogP contribution is 2.25. The van der Waals surface area contributed by atoms with Crippen LogP contribution >= 0.6 is 0 Å². The molecule has 140 valence electrons. The average Bonchev–Trinajstić information content (AvgIpc) is 2.98. The van der Waals surface area contributed by atoms with Crippen LogP contribution in [0.5, 0.6) is 5.75 Å². The molecule has 0 amide bonds. The number of aliphatic hydroxyl groups excluding tert-OH is 1. The normalized spacial score (nSPS) is 25.4. The van der Waals surface area contributed by atoms with Crippen molar-refractivity contribution < 1.29 is 19.7 Å². The summed E-state index contributed by atoms with van der Waals surface area (Å²) in [4.78, 5) is 4.63. The van der Waals surface area contributed by atoms with E-state index in [1.807, 2.05) is 12.1 Å². The van der Waals surface area contributed by atoms with Crippen LogP contribution in [0.1, 0.15) is 18.4 Å². The number of hydrogen-bond acceptors (Lipinski definition) is 6. The Balaban J connectivity index is 1.45. The zero-order chi connectivity index (χ0) is 17.5. The molecule has 1 atom stereocenters. The van der Waals surface area contributed by atoms with Crippen molar-refractivity contribution in [1.29, 1.82) is 0 Å². The number of nitrogens with zero attached hydrogens (tertiary/aromatic N) is 2. The Hall–Kier alpha value is -1.18. The Morgan fingerprint density at radius 3 is 2.56 bits per heavy atom. The van der Waals surface area contributed by atoms with E-state index in [-0.39, 0.29) is 6.61 Å². The lowest BCUT2D eigenvalue weighted by molar-refractivity contribution is -0.0266. The van der Waals surface area contributed by atoms with Gasteiger partial charge in [-0.05, 0) is 24.1 Å². The van der Waals surface area contributed by atoms with Crippen LogP contribution in [0.2, 0.25) is 0 Å². The third kappa shape index (κ3) is 5.66. The van der Waals surface area contributed by atoms with E-state index in [1.165, 1.54) is 5.56 Å². The molecule has 2 saturated heterocycles. The summed E-state index contributed by atoms with van der Waals surface area (Å²) in [6, 6.07) is 8.10. The molecule has 3 rings (SSSR count). The van der Waals surface area contributed by atoms with E-state index in [4.69, 9.17) is 14.6 Å². The Bertz CT molecular complexity index is 519. The van der Waals surface area contributed by atoms with Gasteiger partial charge in [0.25, 0.3) is 0 Å².